The highest BCUT2D eigenvalue weighted by molar-refractivity contribution is 5.99. The average molecular weight is 565 g/mol. The molecule has 0 spiro atoms. The molecule has 41 heavy (non-hydrogen) atoms. The molecule has 1 unspecified atom stereocenters. The number of hydrogen-bond donors (Lipinski definition) is 2. The third-order valence-electron chi connectivity index (χ3n) is 7.96. The summed E-state index contributed by atoms with van der Waals surface area (Å²) >= 11 is 0. The number of halogens is 4. The van der Waals surface area contributed by atoms with Crippen LogP contribution < -0.4 is 20.6 Å². The first kappa shape index (κ1) is 27.1. The number of nitrogens with one attached hydrogen (secondary N) is 1. The first-order chi connectivity index (χ1) is 19.1. The highest BCUT2D eigenvalue weighted by Crippen LogP contribution is 2.47. The topological polar surface area (TPSA) is 70.9 Å². The van der Waals surface area contributed by atoms with E-state index in [4.69, 9.17) is 9.73 Å². The molecule has 0 aliphatic carbocycles. The standard InChI is InChI=1S/C32H28F4N2O3/c1-13-11-31(3,4)37-19-9-21-17(7-15(13)19)23(24-25(30(39)40)27(34)29(36)28(35)26(24)33)18-8-16-14(2)12-32(5,6)38-20(16)10-22(18)41-21/h7-11,14,38H,12H2,1-6H3,(H,39,40). The molecule has 3 aromatic rings. The number of carbonyl (C=O) groups is 1. The van der Waals surface area contributed by atoms with Crippen LogP contribution in [0.15, 0.2) is 35.3 Å². The van der Waals surface area contributed by atoms with Gasteiger partial charge >= 0.3 is 5.97 Å². The maximum absolute atomic E-state index is 15.7. The average Bonchev–Trinajstić information content (AvgIpc) is 2.85. The van der Waals surface area contributed by atoms with Gasteiger partial charge in [0.2, 0.25) is 0 Å². The number of carboxylic acid groups (broad SMARTS) is 1. The van der Waals surface area contributed by atoms with E-state index in [-0.39, 0.29) is 39.3 Å². The summed E-state index contributed by atoms with van der Waals surface area (Å²) in [6, 6.07) is 6.77. The quantitative estimate of drug-likeness (QED) is 0.160. The molecule has 0 saturated carbocycles. The SMILES string of the molecule is CC1=CC(C)(C)N=c2cc3c(cc21)=C(c1c(F)c(F)c(F)c(F)c1C(=O)O)c1cc2c(cc1O3)NC(C)(C)CC2C. The lowest BCUT2D eigenvalue weighted by molar-refractivity contribution is 0.0689. The molecular weight excluding hydrogens is 536 g/mol. The number of allylic oxidation sites excluding steroid dienone is 1. The first-order valence-electron chi connectivity index (χ1n) is 13.3. The van der Waals surface area contributed by atoms with Crippen molar-refractivity contribution in [3.05, 3.63) is 92.0 Å². The largest absolute Gasteiger partial charge is 0.478 e. The Morgan fingerprint density at radius 1 is 0.976 bits per heavy atom. The van der Waals surface area contributed by atoms with E-state index in [9.17, 15) is 18.7 Å². The van der Waals surface area contributed by atoms with Crippen LogP contribution in [-0.2, 0) is 0 Å². The zero-order chi connectivity index (χ0) is 29.8. The van der Waals surface area contributed by atoms with Crippen molar-refractivity contribution >= 4 is 22.8 Å². The monoisotopic (exact) mass is 564 g/mol. The second-order valence-electron chi connectivity index (χ2n) is 12.3. The van der Waals surface area contributed by atoms with Crippen molar-refractivity contribution in [2.75, 3.05) is 5.32 Å². The highest BCUT2D eigenvalue weighted by Gasteiger charge is 2.37. The molecule has 9 heteroatoms. The molecule has 3 heterocycles. The van der Waals surface area contributed by atoms with Crippen LogP contribution in [0.2, 0.25) is 0 Å². The molecule has 0 aromatic heterocycles. The van der Waals surface area contributed by atoms with Crippen molar-refractivity contribution in [1.29, 1.82) is 0 Å². The van der Waals surface area contributed by atoms with Crippen molar-refractivity contribution in [1.82, 2.24) is 0 Å². The van der Waals surface area contributed by atoms with Crippen molar-refractivity contribution in [2.45, 2.75) is 65.0 Å². The summed E-state index contributed by atoms with van der Waals surface area (Å²) in [7, 11) is 0. The lowest BCUT2D eigenvalue weighted by atomic mass is 9.79. The fraction of sp³-hybridized carbons (Fsp3) is 0.312. The number of hydrogen-bond acceptors (Lipinski definition) is 4. The van der Waals surface area contributed by atoms with Gasteiger partial charge in [-0.25, -0.2) is 22.4 Å². The lowest BCUT2D eigenvalue weighted by Crippen LogP contribution is -2.36. The summed E-state index contributed by atoms with van der Waals surface area (Å²) < 4.78 is 66.2. The van der Waals surface area contributed by atoms with E-state index >= 15 is 8.78 Å². The molecule has 1 atom stereocenters. The van der Waals surface area contributed by atoms with E-state index in [1.54, 1.807) is 24.3 Å². The van der Waals surface area contributed by atoms with Gasteiger partial charge in [0.25, 0.3) is 0 Å². The Bertz CT molecular complexity index is 1880. The van der Waals surface area contributed by atoms with Crippen LogP contribution >= 0.6 is 0 Å². The second kappa shape index (κ2) is 8.68. The zero-order valence-electron chi connectivity index (χ0n) is 23.4. The molecule has 3 aliphatic rings. The number of nitrogens with zero attached hydrogens (tertiary/aromatic N) is 1. The van der Waals surface area contributed by atoms with Gasteiger partial charge in [0.05, 0.1) is 10.9 Å². The predicted molar refractivity (Wildman–Crippen MR) is 147 cm³/mol. The predicted octanol–water partition coefficient (Wildman–Crippen LogP) is 6.81. The van der Waals surface area contributed by atoms with Crippen LogP contribution in [0.3, 0.4) is 0 Å². The van der Waals surface area contributed by atoms with Gasteiger partial charge in [-0.3, -0.25) is 4.99 Å². The Morgan fingerprint density at radius 3 is 2.34 bits per heavy atom. The number of fused-ring (bicyclic) bond motifs is 4. The number of anilines is 1. The number of ether oxygens (including phenoxy) is 1. The van der Waals surface area contributed by atoms with Crippen LogP contribution in [0, 0.1) is 23.3 Å². The molecule has 0 amide bonds. The molecule has 0 saturated heterocycles. The van der Waals surface area contributed by atoms with E-state index in [1.807, 2.05) is 33.8 Å². The zero-order valence-corrected chi connectivity index (χ0v) is 23.4. The third kappa shape index (κ3) is 4.12. The Morgan fingerprint density at radius 2 is 1.66 bits per heavy atom. The van der Waals surface area contributed by atoms with Crippen LogP contribution in [0.5, 0.6) is 11.5 Å². The minimum atomic E-state index is -2.19. The molecule has 5 nitrogen and oxygen atoms in total. The van der Waals surface area contributed by atoms with E-state index in [2.05, 4.69) is 19.2 Å². The minimum absolute atomic E-state index is 0.0365. The normalized spacial score (nSPS) is 19.4. The fourth-order valence-electron chi connectivity index (χ4n) is 6.49. The first-order valence-corrected chi connectivity index (χ1v) is 13.3. The van der Waals surface area contributed by atoms with Crippen LogP contribution in [0.25, 0.3) is 11.1 Å². The third-order valence-corrected chi connectivity index (χ3v) is 7.96. The minimum Gasteiger partial charge on any atom is -0.478 e. The van der Waals surface area contributed by atoms with Crippen molar-refractivity contribution in [2.24, 2.45) is 4.99 Å². The summed E-state index contributed by atoms with van der Waals surface area (Å²) in [6.45, 7) is 11.9. The second-order valence-corrected chi connectivity index (χ2v) is 12.3. The Labute approximate surface area is 233 Å². The summed E-state index contributed by atoms with van der Waals surface area (Å²) in [5, 5.41) is 14.2. The van der Waals surface area contributed by atoms with E-state index in [0.29, 0.717) is 10.9 Å². The Balaban J connectivity index is 1.80. The van der Waals surface area contributed by atoms with Crippen molar-refractivity contribution in [3.63, 3.8) is 0 Å². The fourth-order valence-corrected chi connectivity index (χ4v) is 6.49. The molecule has 212 valence electrons. The molecule has 0 radical (unpaired) electrons. The van der Waals surface area contributed by atoms with Crippen molar-refractivity contribution < 1.29 is 32.2 Å². The summed E-state index contributed by atoms with van der Waals surface area (Å²) in [5.41, 5.74) is 0.353. The summed E-state index contributed by atoms with van der Waals surface area (Å²) in [4.78, 5) is 17.0. The van der Waals surface area contributed by atoms with Gasteiger partial charge in [-0.2, -0.15) is 0 Å². The number of aromatic carboxylic acids is 1. The molecule has 3 aliphatic heterocycles. The van der Waals surface area contributed by atoms with Crippen molar-refractivity contribution in [3.8, 4) is 11.5 Å². The van der Waals surface area contributed by atoms with Crippen LogP contribution in [0.1, 0.15) is 86.5 Å². The Kier molecular flexibility index (Phi) is 5.73. The van der Waals surface area contributed by atoms with Crippen LogP contribution in [-0.4, -0.2) is 22.2 Å². The van der Waals surface area contributed by atoms with Gasteiger partial charge in [0.1, 0.15) is 17.1 Å². The number of carboxylic acids is 1. The van der Waals surface area contributed by atoms with Gasteiger partial charge in [0, 0.05) is 50.8 Å². The Hall–Kier alpha value is -4.14. The van der Waals surface area contributed by atoms with Gasteiger partial charge in [-0.05, 0) is 70.2 Å². The molecule has 0 fully saturated rings. The molecule has 2 N–H and O–H groups in total. The van der Waals surface area contributed by atoms with E-state index < -0.39 is 45.9 Å². The van der Waals surface area contributed by atoms with Gasteiger partial charge in [-0.1, -0.05) is 13.0 Å². The van der Waals surface area contributed by atoms with Gasteiger partial charge in [-0.15, -0.1) is 0 Å². The maximum atomic E-state index is 15.7. The van der Waals surface area contributed by atoms with Gasteiger partial charge in [0.15, 0.2) is 23.3 Å². The number of benzene rings is 3. The van der Waals surface area contributed by atoms with E-state index in [1.165, 1.54) is 0 Å². The molecule has 0 bridgehead atoms. The van der Waals surface area contributed by atoms with Gasteiger partial charge < -0.3 is 15.2 Å². The lowest BCUT2D eigenvalue weighted by Gasteiger charge is -2.38. The van der Waals surface area contributed by atoms with E-state index in [0.717, 1.165) is 23.2 Å². The number of rotatable bonds is 2. The smallest absolute Gasteiger partial charge is 0.339 e. The highest BCUT2D eigenvalue weighted by atomic mass is 19.2. The summed E-state index contributed by atoms with van der Waals surface area (Å²) in [5.74, 6) is -9.52. The maximum Gasteiger partial charge on any atom is 0.339 e. The molecule has 6 rings (SSSR count). The van der Waals surface area contributed by atoms with Crippen LogP contribution in [0.4, 0.5) is 23.2 Å². The summed E-state index contributed by atoms with van der Waals surface area (Å²) in [6.07, 6.45) is 2.71. The molecule has 3 aromatic carbocycles. The molecular formula is C32H28F4N2O3.